The van der Waals surface area contributed by atoms with Crippen molar-refractivity contribution >= 4 is 28.3 Å². The van der Waals surface area contributed by atoms with Gasteiger partial charge in [-0.3, -0.25) is 9.59 Å². The minimum absolute atomic E-state index is 0.0347. The van der Waals surface area contributed by atoms with Gasteiger partial charge < -0.3 is 10.2 Å². The summed E-state index contributed by atoms with van der Waals surface area (Å²) in [4.78, 5) is 30.3. The van der Waals surface area contributed by atoms with Crippen molar-refractivity contribution in [3.63, 3.8) is 0 Å². The smallest absolute Gasteiger partial charge is 0.231 e. The molecule has 1 aliphatic heterocycles. The number of aromatic nitrogens is 1. The molecule has 2 aromatic rings. The summed E-state index contributed by atoms with van der Waals surface area (Å²) < 4.78 is 13.3. The molecule has 134 valence electrons. The van der Waals surface area contributed by atoms with Crippen LogP contribution in [0.1, 0.15) is 29.0 Å². The molecular weight excluding hydrogens is 355 g/mol. The number of hydrogen-bond acceptors (Lipinski definition) is 5. The van der Waals surface area contributed by atoms with Crippen LogP contribution in [0.3, 0.4) is 0 Å². The van der Waals surface area contributed by atoms with Gasteiger partial charge in [-0.2, -0.15) is 5.26 Å². The Morgan fingerprint density at radius 3 is 3.04 bits per heavy atom. The van der Waals surface area contributed by atoms with Crippen molar-refractivity contribution in [2.24, 2.45) is 5.92 Å². The van der Waals surface area contributed by atoms with E-state index in [4.69, 9.17) is 0 Å². The molecule has 1 fully saturated rings. The molecule has 0 bridgehead atoms. The van der Waals surface area contributed by atoms with Crippen LogP contribution in [0.5, 0.6) is 0 Å². The molecule has 1 N–H and O–H groups in total. The number of carbonyl (C=O) groups excluding carboxylic acids is 2. The van der Waals surface area contributed by atoms with E-state index < -0.39 is 0 Å². The number of nitrogens with one attached hydrogen (secondary N) is 1. The van der Waals surface area contributed by atoms with Crippen LogP contribution < -0.4 is 5.32 Å². The maximum atomic E-state index is 13.3. The summed E-state index contributed by atoms with van der Waals surface area (Å²) >= 11 is 1.21. The molecule has 1 saturated heterocycles. The van der Waals surface area contributed by atoms with Crippen LogP contribution in [-0.2, 0) is 16.0 Å². The molecule has 0 saturated carbocycles. The van der Waals surface area contributed by atoms with Crippen molar-refractivity contribution in [3.8, 4) is 6.07 Å². The van der Waals surface area contributed by atoms with Crippen LogP contribution in [0, 0.1) is 23.1 Å². The average Bonchev–Trinajstić information content (AvgIpc) is 2.98. The number of likely N-dealkylation sites (tertiary alicyclic amines) is 1. The Labute approximate surface area is 154 Å². The Kier molecular flexibility index (Phi) is 5.28. The van der Waals surface area contributed by atoms with E-state index in [0.29, 0.717) is 35.8 Å². The lowest BCUT2D eigenvalue weighted by Gasteiger charge is -2.28. The number of carbonyl (C=O) groups is 2. The first-order valence-electron chi connectivity index (χ1n) is 8.15. The summed E-state index contributed by atoms with van der Waals surface area (Å²) in [7, 11) is 1.68. The molecule has 1 aliphatic rings. The van der Waals surface area contributed by atoms with Gasteiger partial charge in [0.1, 0.15) is 11.9 Å². The summed E-state index contributed by atoms with van der Waals surface area (Å²) in [5.74, 6) is -0.804. The molecule has 26 heavy (non-hydrogen) atoms. The quantitative estimate of drug-likeness (QED) is 0.894. The molecule has 3 rings (SSSR count). The van der Waals surface area contributed by atoms with E-state index in [1.165, 1.54) is 23.5 Å². The molecule has 1 unspecified atom stereocenters. The van der Waals surface area contributed by atoms with Gasteiger partial charge >= 0.3 is 0 Å². The zero-order valence-electron chi connectivity index (χ0n) is 14.2. The number of amides is 2. The Balaban J connectivity index is 1.71. The first-order chi connectivity index (χ1) is 12.5. The third-order valence-electron chi connectivity index (χ3n) is 4.28. The van der Waals surface area contributed by atoms with Crippen molar-refractivity contribution in [2.45, 2.75) is 19.3 Å². The highest BCUT2D eigenvalue weighted by molar-refractivity contribution is 7.16. The minimum atomic E-state index is -0.338. The number of anilines is 1. The van der Waals surface area contributed by atoms with E-state index in [1.807, 2.05) is 6.07 Å². The number of benzene rings is 1. The second-order valence-electron chi connectivity index (χ2n) is 6.21. The highest BCUT2D eigenvalue weighted by Gasteiger charge is 2.28. The second-order valence-corrected chi connectivity index (χ2v) is 7.29. The van der Waals surface area contributed by atoms with E-state index in [-0.39, 0.29) is 29.2 Å². The number of nitriles is 1. The molecule has 2 amide bonds. The van der Waals surface area contributed by atoms with Crippen LogP contribution >= 0.6 is 11.3 Å². The standard InChI is InChI=1S/C18H17FN4O2S/c1-23-10-12(5-6-16(23)24)17(25)22-18-21-14(9-20)15(26-18)8-11-3-2-4-13(19)7-11/h2-4,7,12H,5-6,8,10H2,1H3,(H,21,22,25). The van der Waals surface area contributed by atoms with Gasteiger partial charge in [-0.25, -0.2) is 9.37 Å². The Morgan fingerprint density at radius 1 is 1.54 bits per heavy atom. The maximum absolute atomic E-state index is 13.3. The first-order valence-corrected chi connectivity index (χ1v) is 8.97. The predicted molar refractivity (Wildman–Crippen MR) is 95.0 cm³/mol. The Bertz CT molecular complexity index is 890. The maximum Gasteiger partial charge on any atom is 0.231 e. The number of piperidine rings is 1. The van der Waals surface area contributed by atoms with Crippen LogP contribution in [-0.4, -0.2) is 35.3 Å². The molecular formula is C18H17FN4O2S. The second kappa shape index (κ2) is 7.62. The monoisotopic (exact) mass is 372 g/mol. The summed E-state index contributed by atoms with van der Waals surface area (Å²) in [6.07, 6.45) is 1.22. The third kappa shape index (κ3) is 4.06. The summed E-state index contributed by atoms with van der Waals surface area (Å²) in [5, 5.41) is 12.4. The fourth-order valence-electron chi connectivity index (χ4n) is 2.88. The van der Waals surface area contributed by atoms with Crippen LogP contribution in [0.25, 0.3) is 0 Å². The number of halogens is 1. The van der Waals surface area contributed by atoms with Gasteiger partial charge in [0.25, 0.3) is 0 Å². The first kappa shape index (κ1) is 18.0. The molecule has 1 aromatic heterocycles. The molecule has 0 spiro atoms. The van der Waals surface area contributed by atoms with Crippen LogP contribution in [0.4, 0.5) is 9.52 Å². The highest BCUT2D eigenvalue weighted by atomic mass is 32.1. The molecule has 8 heteroatoms. The van der Waals surface area contributed by atoms with E-state index >= 15 is 0 Å². The lowest BCUT2D eigenvalue weighted by Crippen LogP contribution is -2.41. The number of nitrogens with zero attached hydrogens (tertiary/aromatic N) is 3. The molecule has 0 aliphatic carbocycles. The molecule has 1 aromatic carbocycles. The van der Waals surface area contributed by atoms with Gasteiger partial charge in [-0.15, -0.1) is 0 Å². The molecule has 1 atom stereocenters. The van der Waals surface area contributed by atoms with Crippen molar-refractivity contribution < 1.29 is 14.0 Å². The number of thiazole rings is 1. The normalized spacial score (nSPS) is 17.0. The van der Waals surface area contributed by atoms with Gasteiger partial charge in [-0.1, -0.05) is 23.5 Å². The lowest BCUT2D eigenvalue weighted by atomic mass is 9.97. The molecule has 0 radical (unpaired) electrons. The van der Waals surface area contributed by atoms with Crippen molar-refractivity contribution in [1.82, 2.24) is 9.88 Å². The van der Waals surface area contributed by atoms with Crippen LogP contribution in [0.15, 0.2) is 24.3 Å². The lowest BCUT2D eigenvalue weighted by molar-refractivity contribution is -0.135. The molecule has 6 nitrogen and oxygen atoms in total. The Hall–Kier alpha value is -2.79. The fraction of sp³-hybridized carbons (Fsp3) is 0.333. The minimum Gasteiger partial charge on any atom is -0.345 e. The van der Waals surface area contributed by atoms with Crippen LogP contribution in [0.2, 0.25) is 0 Å². The van der Waals surface area contributed by atoms with Gasteiger partial charge in [0, 0.05) is 31.3 Å². The third-order valence-corrected chi connectivity index (χ3v) is 5.26. The molecule has 2 heterocycles. The van der Waals surface area contributed by atoms with Crippen molar-refractivity contribution in [1.29, 1.82) is 5.26 Å². The van der Waals surface area contributed by atoms with Gasteiger partial charge in [-0.05, 0) is 24.1 Å². The van der Waals surface area contributed by atoms with Crippen molar-refractivity contribution in [2.75, 3.05) is 18.9 Å². The van der Waals surface area contributed by atoms with E-state index in [9.17, 15) is 19.2 Å². The van der Waals surface area contributed by atoms with Gasteiger partial charge in [0.2, 0.25) is 11.8 Å². The zero-order chi connectivity index (χ0) is 18.7. The largest absolute Gasteiger partial charge is 0.345 e. The fourth-order valence-corrected chi connectivity index (χ4v) is 3.83. The zero-order valence-corrected chi connectivity index (χ0v) is 15.0. The van der Waals surface area contributed by atoms with Gasteiger partial charge in [0.15, 0.2) is 10.8 Å². The topological polar surface area (TPSA) is 86.1 Å². The summed E-state index contributed by atoms with van der Waals surface area (Å²) in [5.41, 5.74) is 0.959. The average molecular weight is 372 g/mol. The summed E-state index contributed by atoms with van der Waals surface area (Å²) in [6, 6.07) is 8.18. The van der Waals surface area contributed by atoms with E-state index in [0.717, 1.165) is 5.56 Å². The SMILES string of the molecule is CN1CC(C(=O)Nc2nc(C#N)c(Cc3cccc(F)c3)s2)CCC1=O. The van der Waals surface area contributed by atoms with E-state index in [2.05, 4.69) is 10.3 Å². The predicted octanol–water partition coefficient (Wildman–Crippen LogP) is 2.55. The van der Waals surface area contributed by atoms with E-state index in [1.54, 1.807) is 24.1 Å². The number of hydrogen-bond donors (Lipinski definition) is 1. The highest BCUT2D eigenvalue weighted by Crippen LogP contribution is 2.27. The summed E-state index contributed by atoms with van der Waals surface area (Å²) in [6.45, 7) is 0.372. The van der Waals surface area contributed by atoms with Crippen molar-refractivity contribution in [3.05, 3.63) is 46.2 Å². The number of rotatable bonds is 4. The van der Waals surface area contributed by atoms with Gasteiger partial charge in [0.05, 0.1) is 5.92 Å². The Morgan fingerprint density at radius 2 is 2.35 bits per heavy atom.